The minimum absolute atomic E-state index is 0.319. The molecule has 2 nitrogen and oxygen atoms in total. The van der Waals surface area contributed by atoms with Gasteiger partial charge in [-0.25, -0.2) is 0 Å². The van der Waals surface area contributed by atoms with Crippen LogP contribution in [0, 0.1) is 0 Å². The van der Waals surface area contributed by atoms with Crippen LogP contribution < -0.4 is 0 Å². The second kappa shape index (κ2) is 11.2. The summed E-state index contributed by atoms with van der Waals surface area (Å²) in [5, 5.41) is 0. The van der Waals surface area contributed by atoms with Gasteiger partial charge in [0.1, 0.15) is 0 Å². The van der Waals surface area contributed by atoms with Gasteiger partial charge in [0.2, 0.25) is 0 Å². The van der Waals surface area contributed by atoms with Gasteiger partial charge in [0.05, 0.1) is 12.2 Å². The highest BCUT2D eigenvalue weighted by Crippen LogP contribution is 2.33. The summed E-state index contributed by atoms with van der Waals surface area (Å²) in [4.78, 5) is 0. The Morgan fingerprint density at radius 1 is 0.762 bits per heavy atom. The van der Waals surface area contributed by atoms with E-state index in [0.29, 0.717) is 12.2 Å². The number of rotatable bonds is 12. The summed E-state index contributed by atoms with van der Waals surface area (Å²) in [6.07, 6.45) is 15.2. The summed E-state index contributed by atoms with van der Waals surface area (Å²) in [5.74, 6) is -0.374. The van der Waals surface area contributed by atoms with E-state index in [4.69, 9.17) is 9.47 Å². The topological polar surface area (TPSA) is 18.5 Å². The smallest absolute Gasteiger partial charge is 0.163 e. The van der Waals surface area contributed by atoms with Crippen LogP contribution in [0.4, 0.5) is 0 Å². The highest BCUT2D eigenvalue weighted by Gasteiger charge is 2.40. The zero-order valence-electron chi connectivity index (χ0n) is 14.3. The van der Waals surface area contributed by atoms with Gasteiger partial charge in [-0.15, -0.1) is 0 Å². The molecule has 3 heteroatoms. The van der Waals surface area contributed by atoms with Crippen molar-refractivity contribution in [3.8, 4) is 0 Å². The largest absolute Gasteiger partial charge is 0.345 e. The van der Waals surface area contributed by atoms with Crippen LogP contribution in [0.15, 0.2) is 0 Å². The average molecular weight is 410 g/mol. The monoisotopic (exact) mass is 410 g/mol. The fourth-order valence-electron chi connectivity index (χ4n) is 3.16. The lowest BCUT2D eigenvalue weighted by Gasteiger charge is -2.16. The van der Waals surface area contributed by atoms with Crippen LogP contribution in [0.1, 0.15) is 91.4 Å². The van der Waals surface area contributed by atoms with Gasteiger partial charge in [0, 0.05) is 0 Å². The third kappa shape index (κ3) is 8.75. The van der Waals surface area contributed by atoms with Crippen molar-refractivity contribution in [3.05, 3.63) is 0 Å². The lowest BCUT2D eigenvalue weighted by Crippen LogP contribution is -2.22. The maximum Gasteiger partial charge on any atom is 0.163 e. The van der Waals surface area contributed by atoms with Crippen LogP contribution >= 0.6 is 22.6 Å². The molecule has 21 heavy (non-hydrogen) atoms. The Labute approximate surface area is 145 Å². The molecule has 0 unspecified atom stereocenters. The molecule has 1 aliphatic heterocycles. The van der Waals surface area contributed by atoms with Crippen LogP contribution in [0.2, 0.25) is 0 Å². The molecule has 0 N–H and O–H groups in total. The minimum atomic E-state index is -0.374. The molecular weight excluding hydrogens is 375 g/mol. The molecule has 126 valence electrons. The molecule has 0 aromatic rings. The molecule has 0 aromatic carbocycles. The van der Waals surface area contributed by atoms with E-state index >= 15 is 0 Å². The molecule has 2 atom stereocenters. The number of hydrogen-bond donors (Lipinski definition) is 0. The van der Waals surface area contributed by atoms with E-state index < -0.39 is 0 Å². The van der Waals surface area contributed by atoms with Gasteiger partial charge < -0.3 is 9.47 Å². The van der Waals surface area contributed by atoms with Crippen LogP contribution in [0.25, 0.3) is 0 Å². The van der Waals surface area contributed by atoms with E-state index in [1.165, 1.54) is 68.6 Å². The summed E-state index contributed by atoms with van der Waals surface area (Å²) in [6.45, 7) is 6.38. The Balaban J connectivity index is 2.11. The van der Waals surface area contributed by atoms with Gasteiger partial charge in [0.15, 0.2) is 5.79 Å². The SMILES string of the molecule is CCCCCCCCCC[C@@H]1OC(C)(C)O[C@H]1CCCI. The zero-order chi connectivity index (χ0) is 15.6. The molecule has 0 spiro atoms. The molecule has 0 aliphatic carbocycles. The Bertz CT molecular complexity index is 256. The molecule has 1 heterocycles. The van der Waals surface area contributed by atoms with Crippen molar-refractivity contribution in [2.75, 3.05) is 4.43 Å². The van der Waals surface area contributed by atoms with Crippen molar-refractivity contribution in [1.82, 2.24) is 0 Å². The fraction of sp³-hybridized carbons (Fsp3) is 1.00. The number of alkyl halides is 1. The Hall–Kier alpha value is 0.650. The zero-order valence-corrected chi connectivity index (χ0v) is 16.5. The number of hydrogen-bond acceptors (Lipinski definition) is 2. The molecule has 1 fully saturated rings. The van der Waals surface area contributed by atoms with Crippen LogP contribution in [0.5, 0.6) is 0 Å². The first-order chi connectivity index (χ1) is 10.1. The van der Waals surface area contributed by atoms with Gasteiger partial charge in [-0.1, -0.05) is 80.9 Å². The van der Waals surface area contributed by atoms with Crippen molar-refractivity contribution >= 4 is 22.6 Å². The average Bonchev–Trinajstić information content (AvgIpc) is 2.74. The highest BCUT2D eigenvalue weighted by molar-refractivity contribution is 14.1. The first-order valence-corrected chi connectivity index (χ1v) is 10.5. The summed E-state index contributed by atoms with van der Waals surface area (Å²) >= 11 is 2.45. The van der Waals surface area contributed by atoms with Crippen molar-refractivity contribution in [3.63, 3.8) is 0 Å². The lowest BCUT2D eigenvalue weighted by atomic mass is 10.0. The van der Waals surface area contributed by atoms with Crippen molar-refractivity contribution in [2.24, 2.45) is 0 Å². The Kier molecular flexibility index (Phi) is 10.5. The van der Waals surface area contributed by atoms with Crippen molar-refractivity contribution in [2.45, 2.75) is 109 Å². The second-order valence-corrected chi connectivity index (χ2v) is 7.89. The van der Waals surface area contributed by atoms with Gasteiger partial charge in [-0.05, 0) is 37.5 Å². The first-order valence-electron chi connectivity index (χ1n) is 9.00. The number of ether oxygens (including phenoxy) is 2. The normalized spacial score (nSPS) is 24.6. The molecule has 0 saturated carbocycles. The van der Waals surface area contributed by atoms with E-state index in [1.807, 2.05) is 0 Å². The van der Waals surface area contributed by atoms with E-state index in [0.717, 1.165) is 6.42 Å². The van der Waals surface area contributed by atoms with Crippen molar-refractivity contribution < 1.29 is 9.47 Å². The summed E-state index contributed by atoms with van der Waals surface area (Å²) < 4.78 is 13.4. The van der Waals surface area contributed by atoms with Gasteiger partial charge in [0.25, 0.3) is 0 Å². The predicted octanol–water partition coefficient (Wildman–Crippen LogP) is 6.25. The lowest BCUT2D eigenvalue weighted by molar-refractivity contribution is -0.147. The molecule has 0 amide bonds. The van der Waals surface area contributed by atoms with Crippen LogP contribution in [-0.4, -0.2) is 22.4 Å². The molecule has 0 bridgehead atoms. The quantitative estimate of drug-likeness (QED) is 0.215. The molecular formula is C18H35IO2. The highest BCUT2D eigenvalue weighted by atomic mass is 127. The summed E-state index contributed by atoms with van der Waals surface area (Å²) in [6, 6.07) is 0. The van der Waals surface area contributed by atoms with Crippen LogP contribution in [0.3, 0.4) is 0 Å². The number of halogens is 1. The Morgan fingerprint density at radius 3 is 1.76 bits per heavy atom. The molecule has 0 radical (unpaired) electrons. The first kappa shape index (κ1) is 19.7. The standard InChI is InChI=1S/C18H35IO2/c1-4-5-6-7-8-9-10-11-13-16-17(14-12-15-19)21-18(2,3)20-16/h16-17H,4-15H2,1-3H3/t16-,17-/m0/s1. The van der Waals surface area contributed by atoms with Gasteiger partial charge in [-0.3, -0.25) is 0 Å². The fourth-order valence-corrected chi connectivity index (χ4v) is 3.60. The third-order valence-electron chi connectivity index (χ3n) is 4.25. The van der Waals surface area contributed by atoms with Crippen molar-refractivity contribution in [1.29, 1.82) is 0 Å². The maximum atomic E-state index is 6.09. The van der Waals surface area contributed by atoms with E-state index in [1.54, 1.807) is 0 Å². The van der Waals surface area contributed by atoms with E-state index in [-0.39, 0.29) is 5.79 Å². The van der Waals surface area contributed by atoms with E-state index in [9.17, 15) is 0 Å². The molecule has 1 aliphatic rings. The molecule has 1 saturated heterocycles. The maximum absolute atomic E-state index is 6.09. The second-order valence-electron chi connectivity index (χ2n) is 6.81. The molecule has 1 rings (SSSR count). The third-order valence-corrected chi connectivity index (χ3v) is 5.01. The molecule has 0 aromatic heterocycles. The minimum Gasteiger partial charge on any atom is -0.345 e. The Morgan fingerprint density at radius 2 is 1.24 bits per heavy atom. The summed E-state index contributed by atoms with van der Waals surface area (Å²) in [7, 11) is 0. The van der Waals surface area contributed by atoms with Gasteiger partial charge >= 0.3 is 0 Å². The summed E-state index contributed by atoms with van der Waals surface area (Å²) in [5.41, 5.74) is 0. The van der Waals surface area contributed by atoms with Gasteiger partial charge in [-0.2, -0.15) is 0 Å². The predicted molar refractivity (Wildman–Crippen MR) is 99.2 cm³/mol. The van der Waals surface area contributed by atoms with E-state index in [2.05, 4.69) is 43.4 Å². The van der Waals surface area contributed by atoms with Crippen LogP contribution in [-0.2, 0) is 9.47 Å². The number of unbranched alkanes of at least 4 members (excludes halogenated alkanes) is 7.